The number of thioether (sulfide) groups is 1. The molecule has 0 aromatic heterocycles. The number of hydrogen-bond acceptors (Lipinski definition) is 6. The third-order valence-corrected chi connectivity index (χ3v) is 5.09. The Bertz CT molecular complexity index is 935. The van der Waals surface area contributed by atoms with Crippen molar-refractivity contribution in [1.82, 2.24) is 4.90 Å². The predicted molar refractivity (Wildman–Crippen MR) is 103 cm³/mol. The smallest absolute Gasteiger partial charge is 0.266 e. The monoisotopic (exact) mass is 381 g/mol. The van der Waals surface area contributed by atoms with Gasteiger partial charge >= 0.3 is 0 Å². The fourth-order valence-corrected chi connectivity index (χ4v) is 3.44. The van der Waals surface area contributed by atoms with Gasteiger partial charge in [-0.2, -0.15) is 0 Å². The van der Waals surface area contributed by atoms with Gasteiger partial charge in [0, 0.05) is 14.1 Å². The van der Waals surface area contributed by atoms with Crippen molar-refractivity contribution in [2.45, 2.75) is 6.61 Å². The summed E-state index contributed by atoms with van der Waals surface area (Å²) < 4.78 is 5.69. The zero-order valence-electron chi connectivity index (χ0n) is 14.8. The lowest BCUT2D eigenvalue weighted by atomic mass is 10.1. The number of ether oxygens (including phenoxy) is 1. The number of nitrogens with zero attached hydrogens (tertiary/aromatic N) is 2. The van der Waals surface area contributed by atoms with Crippen molar-refractivity contribution in [2.24, 2.45) is 4.99 Å². The van der Waals surface area contributed by atoms with Crippen molar-refractivity contribution in [3.05, 3.63) is 70.1 Å². The number of aliphatic imine (C=N–C) groups is 1. The molecule has 0 aliphatic carbocycles. The van der Waals surface area contributed by atoms with E-state index in [2.05, 4.69) is 4.99 Å². The van der Waals surface area contributed by atoms with Crippen LogP contribution in [-0.2, 0) is 11.4 Å². The first-order valence-electron chi connectivity index (χ1n) is 8.15. The van der Waals surface area contributed by atoms with E-state index in [9.17, 15) is 14.7 Å². The molecular formula is C20H17N2O4S-. The predicted octanol–water partition coefficient (Wildman–Crippen LogP) is 2.16. The van der Waals surface area contributed by atoms with Crippen LogP contribution in [0.25, 0.3) is 6.08 Å². The highest BCUT2D eigenvalue weighted by molar-refractivity contribution is 8.18. The van der Waals surface area contributed by atoms with Gasteiger partial charge in [-0.3, -0.25) is 14.7 Å². The van der Waals surface area contributed by atoms with E-state index in [0.717, 1.165) is 11.1 Å². The normalized spacial score (nSPS) is 17.0. The molecule has 1 amide bonds. The highest BCUT2D eigenvalue weighted by Gasteiger charge is 2.29. The molecule has 2 aromatic carbocycles. The Hall–Kier alpha value is -3.06. The summed E-state index contributed by atoms with van der Waals surface area (Å²) in [5.74, 6) is -0.640. The van der Waals surface area contributed by atoms with Gasteiger partial charge < -0.3 is 14.6 Å². The molecule has 1 heterocycles. The van der Waals surface area contributed by atoms with Gasteiger partial charge in [0.2, 0.25) is 0 Å². The van der Waals surface area contributed by atoms with Gasteiger partial charge in [-0.15, -0.1) is 0 Å². The molecule has 1 aliphatic rings. The Labute approximate surface area is 161 Å². The summed E-state index contributed by atoms with van der Waals surface area (Å²) in [5.41, 5.74) is 1.74. The summed E-state index contributed by atoms with van der Waals surface area (Å²) in [6.45, 7) is 0.247. The highest BCUT2D eigenvalue weighted by atomic mass is 32.2. The summed E-state index contributed by atoms with van der Waals surface area (Å²) in [5, 5.41) is 11.6. The fourth-order valence-electron chi connectivity index (χ4n) is 2.52. The number of carbonyl (C=O) groups excluding carboxylic acids is 2. The zero-order chi connectivity index (χ0) is 19.4. The molecule has 1 aliphatic heterocycles. The number of hydrogen-bond donors (Lipinski definition) is 0. The first kappa shape index (κ1) is 18.7. The Morgan fingerprint density at radius 1 is 1.26 bits per heavy atom. The maximum atomic E-state index is 12.2. The van der Waals surface area contributed by atoms with Crippen molar-refractivity contribution in [3.8, 4) is 5.75 Å². The van der Waals surface area contributed by atoms with E-state index in [1.165, 1.54) is 28.8 Å². The summed E-state index contributed by atoms with van der Waals surface area (Å²) in [7, 11) is 3.36. The SMILES string of the molecule is CN=C1S/C(=C\c2ccc(OCc3cccc(C(=O)[O-])c3)cc2)C(=O)N1C. The van der Waals surface area contributed by atoms with E-state index in [0.29, 0.717) is 15.8 Å². The number of amides is 1. The second-order valence-electron chi connectivity index (χ2n) is 5.83. The van der Waals surface area contributed by atoms with E-state index in [4.69, 9.17) is 4.74 Å². The lowest BCUT2D eigenvalue weighted by Gasteiger charge is -2.09. The quantitative estimate of drug-likeness (QED) is 0.742. The topological polar surface area (TPSA) is 82.0 Å². The average molecular weight is 381 g/mol. The Balaban J connectivity index is 1.66. The van der Waals surface area contributed by atoms with Crippen LogP contribution >= 0.6 is 11.8 Å². The maximum Gasteiger partial charge on any atom is 0.266 e. The minimum absolute atomic E-state index is 0.0753. The summed E-state index contributed by atoms with van der Waals surface area (Å²) in [4.78, 5) is 29.3. The largest absolute Gasteiger partial charge is 0.545 e. The second kappa shape index (κ2) is 8.09. The maximum absolute atomic E-state index is 12.2. The molecule has 2 aromatic rings. The molecule has 6 nitrogen and oxygen atoms in total. The molecule has 7 heteroatoms. The van der Waals surface area contributed by atoms with E-state index < -0.39 is 5.97 Å². The van der Waals surface area contributed by atoms with Crippen LogP contribution in [0.15, 0.2) is 58.4 Å². The van der Waals surface area contributed by atoms with Gasteiger partial charge in [0.05, 0.1) is 10.9 Å². The zero-order valence-corrected chi connectivity index (χ0v) is 15.7. The van der Waals surface area contributed by atoms with E-state index in [-0.39, 0.29) is 18.1 Å². The number of carbonyl (C=O) groups is 2. The third-order valence-electron chi connectivity index (χ3n) is 3.94. The molecular weight excluding hydrogens is 364 g/mol. The Morgan fingerprint density at radius 3 is 2.63 bits per heavy atom. The summed E-state index contributed by atoms with van der Waals surface area (Å²) >= 11 is 1.34. The van der Waals surface area contributed by atoms with Crippen molar-refractivity contribution in [2.75, 3.05) is 14.1 Å². The standard InChI is InChI=1S/C20H18N2O4S/c1-21-20-22(2)18(23)17(27-20)11-13-6-8-16(9-7-13)26-12-14-4-3-5-15(10-14)19(24)25/h3-11H,12H2,1-2H3,(H,24,25)/p-1/b17-11-,21-20?. The number of benzene rings is 2. The Kier molecular flexibility index (Phi) is 5.61. The molecule has 1 fully saturated rings. The molecule has 1 saturated heterocycles. The lowest BCUT2D eigenvalue weighted by Crippen LogP contribution is -2.23. The van der Waals surface area contributed by atoms with Gasteiger partial charge in [0.1, 0.15) is 12.4 Å². The molecule has 0 atom stereocenters. The molecule has 0 bridgehead atoms. The number of carboxylic acids is 1. The van der Waals surface area contributed by atoms with Crippen LogP contribution < -0.4 is 9.84 Å². The second-order valence-corrected chi connectivity index (χ2v) is 6.84. The molecule has 27 heavy (non-hydrogen) atoms. The van der Waals surface area contributed by atoms with Gasteiger partial charge in [0.25, 0.3) is 5.91 Å². The van der Waals surface area contributed by atoms with Crippen LogP contribution in [0, 0.1) is 0 Å². The summed E-state index contributed by atoms with van der Waals surface area (Å²) in [6, 6.07) is 13.8. The van der Waals surface area contributed by atoms with Gasteiger partial charge in [-0.05, 0) is 52.7 Å². The molecule has 138 valence electrons. The van der Waals surface area contributed by atoms with Crippen LogP contribution in [-0.4, -0.2) is 36.0 Å². The highest BCUT2D eigenvalue weighted by Crippen LogP contribution is 2.31. The first-order chi connectivity index (χ1) is 13.0. The Morgan fingerprint density at radius 2 is 2.00 bits per heavy atom. The van der Waals surface area contributed by atoms with Gasteiger partial charge in [0.15, 0.2) is 5.17 Å². The van der Waals surface area contributed by atoms with Crippen molar-refractivity contribution >= 4 is 34.9 Å². The summed E-state index contributed by atoms with van der Waals surface area (Å²) in [6.07, 6.45) is 1.81. The lowest BCUT2D eigenvalue weighted by molar-refractivity contribution is -0.255. The molecule has 0 saturated carbocycles. The number of carboxylic acid groups (broad SMARTS) is 1. The molecule has 0 spiro atoms. The molecule has 0 unspecified atom stereocenters. The third kappa shape index (κ3) is 4.38. The minimum Gasteiger partial charge on any atom is -0.545 e. The molecule has 0 N–H and O–H groups in total. The van der Waals surface area contributed by atoms with Gasteiger partial charge in [-0.1, -0.05) is 30.3 Å². The van der Waals surface area contributed by atoms with Crippen molar-refractivity contribution < 1.29 is 19.4 Å². The van der Waals surface area contributed by atoms with Crippen molar-refractivity contribution in [1.29, 1.82) is 0 Å². The number of rotatable bonds is 5. The van der Waals surface area contributed by atoms with Gasteiger partial charge in [-0.25, -0.2) is 0 Å². The van der Waals surface area contributed by atoms with Crippen LogP contribution in [0.4, 0.5) is 0 Å². The fraction of sp³-hybridized carbons (Fsp3) is 0.150. The molecule has 3 rings (SSSR count). The minimum atomic E-state index is -1.21. The van der Waals surface area contributed by atoms with Crippen LogP contribution in [0.2, 0.25) is 0 Å². The van der Waals surface area contributed by atoms with Crippen LogP contribution in [0.5, 0.6) is 5.75 Å². The van der Waals surface area contributed by atoms with Crippen molar-refractivity contribution in [3.63, 3.8) is 0 Å². The van der Waals surface area contributed by atoms with Crippen LogP contribution in [0.3, 0.4) is 0 Å². The average Bonchev–Trinajstić information content (AvgIpc) is 2.95. The molecule has 0 radical (unpaired) electrons. The number of aromatic carboxylic acids is 1. The van der Waals surface area contributed by atoms with Crippen LogP contribution in [0.1, 0.15) is 21.5 Å². The van der Waals surface area contributed by atoms with E-state index >= 15 is 0 Å². The number of amidine groups is 1. The first-order valence-corrected chi connectivity index (χ1v) is 8.97. The van der Waals surface area contributed by atoms with E-state index in [1.54, 1.807) is 38.4 Å². The number of likely N-dealkylation sites (N-methyl/N-ethyl adjacent to an activating group) is 1. The van der Waals surface area contributed by atoms with E-state index in [1.807, 2.05) is 18.2 Å².